The maximum Gasteiger partial charge on any atom is 0.422 e. The molecule has 1 unspecified atom stereocenters. The third-order valence-electron chi connectivity index (χ3n) is 2.83. The van der Waals surface area contributed by atoms with Gasteiger partial charge in [0, 0.05) is 12.0 Å². The summed E-state index contributed by atoms with van der Waals surface area (Å²) in [5, 5.41) is 1.73. The number of esters is 1. The molecule has 1 aromatic rings. The van der Waals surface area contributed by atoms with Gasteiger partial charge in [-0.1, -0.05) is 24.3 Å². The normalized spacial score (nSPS) is 13.9. The fourth-order valence-electron chi connectivity index (χ4n) is 1.73. The number of halogens is 3. The summed E-state index contributed by atoms with van der Waals surface area (Å²) < 4.78 is 44.1. The number of carbonyl (C=O) groups excluding carboxylic acids is 2. The zero-order valence-electron chi connectivity index (χ0n) is 11.2. The summed E-state index contributed by atoms with van der Waals surface area (Å²) in [7, 11) is 0.820. The first-order chi connectivity index (χ1) is 9.78. The Labute approximate surface area is 119 Å². The highest BCUT2D eigenvalue weighted by atomic mass is 19.4. The van der Waals surface area contributed by atoms with Crippen LogP contribution in [-0.4, -0.2) is 30.7 Å². The quantitative estimate of drug-likeness (QED) is 0.671. The van der Waals surface area contributed by atoms with Crippen molar-refractivity contribution < 1.29 is 27.5 Å². The number of hydrogen-bond acceptors (Lipinski definition) is 3. The number of rotatable bonds is 5. The molecule has 0 saturated carbocycles. The van der Waals surface area contributed by atoms with Gasteiger partial charge in [-0.3, -0.25) is 4.79 Å². The van der Waals surface area contributed by atoms with Crippen LogP contribution in [0.2, 0.25) is 0 Å². The highest BCUT2D eigenvalue weighted by Gasteiger charge is 2.61. The summed E-state index contributed by atoms with van der Waals surface area (Å²) in [4.78, 5) is 23.6. The number of benzene rings is 1. The Morgan fingerprint density at radius 1 is 1.29 bits per heavy atom. The van der Waals surface area contributed by atoms with E-state index in [4.69, 9.17) is 0 Å². The summed E-state index contributed by atoms with van der Waals surface area (Å²) in [6, 6.07) is 7.27. The van der Waals surface area contributed by atoms with Gasteiger partial charge in [0.1, 0.15) is 0 Å². The third kappa shape index (κ3) is 3.42. The fourth-order valence-corrected chi connectivity index (χ4v) is 1.73. The van der Waals surface area contributed by atoms with Crippen LogP contribution in [0.3, 0.4) is 0 Å². The second-order valence-electron chi connectivity index (χ2n) is 4.21. The summed E-state index contributed by atoms with van der Waals surface area (Å²) in [5.74, 6) is -2.63. The molecular formula is C14H14F3NO3. The molecule has 0 fully saturated rings. The number of hydrogen-bond donors (Lipinski definition) is 1. The van der Waals surface area contributed by atoms with Crippen molar-refractivity contribution in [2.75, 3.05) is 7.11 Å². The van der Waals surface area contributed by atoms with Gasteiger partial charge < -0.3 is 10.1 Å². The van der Waals surface area contributed by atoms with E-state index < -0.39 is 30.0 Å². The average molecular weight is 301 g/mol. The van der Waals surface area contributed by atoms with Crippen molar-refractivity contribution in [3.63, 3.8) is 0 Å². The molecule has 114 valence electrons. The van der Waals surface area contributed by atoms with E-state index in [1.54, 1.807) is 11.4 Å². The van der Waals surface area contributed by atoms with Crippen LogP contribution < -0.4 is 5.32 Å². The van der Waals surface area contributed by atoms with Gasteiger partial charge in [-0.25, -0.2) is 4.79 Å². The molecular weight excluding hydrogens is 287 g/mol. The van der Waals surface area contributed by atoms with Crippen LogP contribution in [0.1, 0.15) is 16.8 Å². The van der Waals surface area contributed by atoms with Crippen LogP contribution >= 0.6 is 0 Å². The van der Waals surface area contributed by atoms with Crippen molar-refractivity contribution in [2.24, 2.45) is 0 Å². The lowest BCUT2D eigenvalue weighted by Crippen LogP contribution is -2.64. The first-order valence-electron chi connectivity index (χ1n) is 5.92. The molecule has 0 aromatic heterocycles. The van der Waals surface area contributed by atoms with Gasteiger partial charge in [0.2, 0.25) is 5.54 Å². The smallest absolute Gasteiger partial charge is 0.422 e. The van der Waals surface area contributed by atoms with Crippen LogP contribution in [0.25, 0.3) is 0 Å². The molecule has 0 radical (unpaired) electrons. The van der Waals surface area contributed by atoms with E-state index in [-0.39, 0.29) is 5.56 Å². The van der Waals surface area contributed by atoms with E-state index in [0.717, 1.165) is 13.2 Å². The Kier molecular flexibility index (Phi) is 5.12. The molecule has 0 bridgehead atoms. The molecule has 0 spiro atoms. The van der Waals surface area contributed by atoms with Crippen LogP contribution in [0.5, 0.6) is 0 Å². The van der Waals surface area contributed by atoms with Gasteiger partial charge in [-0.15, -0.1) is 6.58 Å². The topological polar surface area (TPSA) is 55.4 Å². The van der Waals surface area contributed by atoms with Crippen LogP contribution in [0.15, 0.2) is 43.0 Å². The van der Waals surface area contributed by atoms with Crippen molar-refractivity contribution in [1.29, 1.82) is 0 Å². The second-order valence-corrected chi connectivity index (χ2v) is 4.21. The van der Waals surface area contributed by atoms with Crippen molar-refractivity contribution in [3.05, 3.63) is 48.6 Å². The highest BCUT2D eigenvalue weighted by Crippen LogP contribution is 2.35. The van der Waals surface area contributed by atoms with Gasteiger partial charge in [0.05, 0.1) is 7.11 Å². The molecule has 0 aliphatic rings. The van der Waals surface area contributed by atoms with Gasteiger partial charge in [0.25, 0.3) is 5.91 Å². The fraction of sp³-hybridized carbons (Fsp3) is 0.286. The highest BCUT2D eigenvalue weighted by molar-refractivity contribution is 5.98. The largest absolute Gasteiger partial charge is 0.467 e. The van der Waals surface area contributed by atoms with Gasteiger partial charge >= 0.3 is 12.1 Å². The molecule has 0 heterocycles. The number of methoxy groups -OCH3 is 1. The van der Waals surface area contributed by atoms with E-state index >= 15 is 0 Å². The van der Waals surface area contributed by atoms with Gasteiger partial charge in [-0.05, 0) is 12.1 Å². The summed E-state index contributed by atoms with van der Waals surface area (Å²) in [6.07, 6.45) is -4.96. The molecule has 0 aliphatic heterocycles. The van der Waals surface area contributed by atoms with Crippen molar-refractivity contribution in [1.82, 2.24) is 5.32 Å². The minimum absolute atomic E-state index is 0.000842. The van der Waals surface area contributed by atoms with E-state index in [1.807, 2.05) is 0 Å². The molecule has 1 amide bonds. The van der Waals surface area contributed by atoms with E-state index in [2.05, 4.69) is 11.3 Å². The molecule has 7 heteroatoms. The first-order valence-corrected chi connectivity index (χ1v) is 5.92. The van der Waals surface area contributed by atoms with Crippen LogP contribution in [0.4, 0.5) is 13.2 Å². The van der Waals surface area contributed by atoms with E-state index in [0.29, 0.717) is 0 Å². The monoisotopic (exact) mass is 301 g/mol. The molecule has 1 rings (SSSR count). The first kappa shape index (κ1) is 16.7. The Morgan fingerprint density at radius 3 is 2.29 bits per heavy atom. The Bertz CT molecular complexity index is 528. The lowest BCUT2D eigenvalue weighted by molar-refractivity contribution is -0.209. The minimum atomic E-state index is -5.03. The predicted octanol–water partition coefficient (Wildman–Crippen LogP) is 2.47. The van der Waals surface area contributed by atoms with Crippen molar-refractivity contribution >= 4 is 11.9 Å². The van der Waals surface area contributed by atoms with Crippen molar-refractivity contribution in [3.8, 4) is 0 Å². The lowest BCUT2D eigenvalue weighted by Gasteiger charge is -2.32. The van der Waals surface area contributed by atoms with Crippen LogP contribution in [0, 0.1) is 0 Å². The zero-order chi connectivity index (χ0) is 16.1. The maximum atomic E-state index is 13.3. The molecule has 1 N–H and O–H groups in total. The molecule has 4 nitrogen and oxygen atoms in total. The molecule has 0 saturated heterocycles. The SMILES string of the molecule is C=CCC(NC(=O)c1ccccc1)(C(=O)OC)C(F)(F)F. The van der Waals surface area contributed by atoms with Gasteiger partial charge in [-0.2, -0.15) is 13.2 Å². The number of ether oxygens (including phenoxy) is 1. The number of alkyl halides is 3. The lowest BCUT2D eigenvalue weighted by atomic mass is 9.93. The van der Waals surface area contributed by atoms with E-state index in [1.165, 1.54) is 24.3 Å². The average Bonchev–Trinajstić information content (AvgIpc) is 2.45. The predicted molar refractivity (Wildman–Crippen MR) is 69.5 cm³/mol. The molecule has 1 atom stereocenters. The molecule has 0 aliphatic carbocycles. The zero-order valence-corrected chi connectivity index (χ0v) is 11.2. The minimum Gasteiger partial charge on any atom is -0.467 e. The second kappa shape index (κ2) is 6.43. The summed E-state index contributed by atoms with van der Waals surface area (Å²) >= 11 is 0. The van der Waals surface area contributed by atoms with Gasteiger partial charge in [0.15, 0.2) is 0 Å². The summed E-state index contributed by atoms with van der Waals surface area (Å²) in [6.45, 7) is 3.20. The Balaban J connectivity index is 3.21. The summed E-state index contributed by atoms with van der Waals surface area (Å²) in [5.41, 5.74) is -3.16. The number of amides is 1. The van der Waals surface area contributed by atoms with Crippen molar-refractivity contribution in [2.45, 2.75) is 18.1 Å². The number of carbonyl (C=O) groups is 2. The Hall–Kier alpha value is -2.31. The van der Waals surface area contributed by atoms with Crippen LogP contribution in [-0.2, 0) is 9.53 Å². The van der Waals surface area contributed by atoms with E-state index in [9.17, 15) is 22.8 Å². The molecule has 1 aromatic carbocycles. The maximum absolute atomic E-state index is 13.3. The Morgan fingerprint density at radius 2 is 1.86 bits per heavy atom. The standard InChI is InChI=1S/C14H14F3NO3/c1-3-9-13(12(20)21-2,14(15,16)17)18-11(19)10-7-5-4-6-8-10/h3-8H,1,9H2,2H3,(H,18,19). The third-order valence-corrected chi connectivity index (χ3v) is 2.83. The number of nitrogens with one attached hydrogen (secondary N) is 1. The molecule has 21 heavy (non-hydrogen) atoms.